The highest BCUT2D eigenvalue weighted by atomic mass is 16.2. The van der Waals surface area contributed by atoms with Gasteiger partial charge in [0.1, 0.15) is 0 Å². The van der Waals surface area contributed by atoms with Gasteiger partial charge in [0.05, 0.1) is 16.6 Å². The summed E-state index contributed by atoms with van der Waals surface area (Å²) in [5.74, 6) is 0. The first-order valence-corrected chi connectivity index (χ1v) is 5.55. The molecule has 0 aliphatic rings. The minimum Gasteiger partial charge on any atom is -0.296 e. The van der Waals surface area contributed by atoms with Crippen molar-refractivity contribution in [1.29, 1.82) is 0 Å². The van der Waals surface area contributed by atoms with E-state index >= 15 is 0 Å². The number of aryl methyl sites for hydroxylation is 2. The van der Waals surface area contributed by atoms with Crippen LogP contribution in [-0.2, 0) is 14.1 Å². The molecule has 0 aromatic carbocycles. The van der Waals surface area contributed by atoms with E-state index < -0.39 is 0 Å². The van der Waals surface area contributed by atoms with Crippen molar-refractivity contribution in [1.82, 2.24) is 14.1 Å². The summed E-state index contributed by atoms with van der Waals surface area (Å²) >= 11 is 0. The third-order valence-corrected chi connectivity index (χ3v) is 2.57. The molecule has 0 saturated carbocycles. The van der Waals surface area contributed by atoms with Crippen LogP contribution in [0.4, 0.5) is 0 Å². The molecule has 0 radical (unpaired) electrons. The molecule has 2 heterocycles. The number of hydrogen-bond acceptors (Lipinski definition) is 3. The molecule has 0 fully saturated rings. The number of nitrogens with zero attached hydrogens (tertiary/aromatic N) is 3. The van der Waals surface area contributed by atoms with Crippen LogP contribution in [0.25, 0.3) is 10.9 Å². The molecule has 2 rings (SSSR count). The Bertz CT molecular complexity index is 653. The molecule has 2 aromatic heterocycles. The summed E-state index contributed by atoms with van der Waals surface area (Å²) in [6, 6.07) is 1.67. The first-order valence-electron chi connectivity index (χ1n) is 5.55. The molecule has 17 heavy (non-hydrogen) atoms. The Balaban J connectivity index is 0.000000686. The molecule has 0 unspecified atom stereocenters. The Morgan fingerprint density at radius 3 is 2.29 bits per heavy atom. The topological polar surface area (TPSA) is 56.9 Å². The van der Waals surface area contributed by atoms with E-state index in [1.54, 1.807) is 26.2 Å². The van der Waals surface area contributed by atoms with Crippen molar-refractivity contribution in [3.05, 3.63) is 38.8 Å². The molecule has 0 N–H and O–H groups in total. The maximum absolute atomic E-state index is 11.8. The summed E-state index contributed by atoms with van der Waals surface area (Å²) in [6.45, 7) is 5.76. The second kappa shape index (κ2) is 4.95. The van der Waals surface area contributed by atoms with Crippen molar-refractivity contribution in [2.45, 2.75) is 20.8 Å². The molecule has 5 heteroatoms. The molecule has 0 bridgehead atoms. The molecule has 0 saturated heterocycles. The van der Waals surface area contributed by atoms with Gasteiger partial charge in [0.25, 0.3) is 5.56 Å². The molecular weight excluding hydrogens is 218 g/mol. The van der Waals surface area contributed by atoms with Crippen molar-refractivity contribution in [2.24, 2.45) is 14.1 Å². The van der Waals surface area contributed by atoms with Crippen LogP contribution < -0.4 is 11.2 Å². The van der Waals surface area contributed by atoms with Crippen LogP contribution in [0.15, 0.2) is 21.9 Å². The van der Waals surface area contributed by atoms with Gasteiger partial charge in [0.2, 0.25) is 0 Å². The van der Waals surface area contributed by atoms with Crippen molar-refractivity contribution in [2.75, 3.05) is 0 Å². The lowest BCUT2D eigenvalue weighted by molar-refractivity contribution is 0.712. The lowest BCUT2D eigenvalue weighted by Gasteiger charge is -2.07. The highest BCUT2D eigenvalue weighted by molar-refractivity contribution is 5.79. The van der Waals surface area contributed by atoms with Crippen LogP contribution in [0, 0.1) is 6.92 Å². The molecule has 0 amide bonds. The molecule has 0 aliphatic carbocycles. The van der Waals surface area contributed by atoms with Gasteiger partial charge in [-0.2, -0.15) is 0 Å². The quantitative estimate of drug-likeness (QED) is 0.683. The zero-order valence-corrected chi connectivity index (χ0v) is 10.8. The molecule has 2 aromatic rings. The molecule has 0 aliphatic heterocycles. The summed E-state index contributed by atoms with van der Waals surface area (Å²) in [5, 5.41) is 0.502. The van der Waals surface area contributed by atoms with Gasteiger partial charge in [-0.25, -0.2) is 4.79 Å². The van der Waals surface area contributed by atoms with Gasteiger partial charge in [-0.3, -0.25) is 18.9 Å². The van der Waals surface area contributed by atoms with Crippen LogP contribution in [0.1, 0.15) is 19.5 Å². The van der Waals surface area contributed by atoms with Crippen molar-refractivity contribution in [3.63, 3.8) is 0 Å². The van der Waals surface area contributed by atoms with E-state index in [-0.39, 0.29) is 11.2 Å². The number of rotatable bonds is 0. The van der Waals surface area contributed by atoms with Crippen LogP contribution in [0.5, 0.6) is 0 Å². The lowest BCUT2D eigenvalue weighted by Crippen LogP contribution is -2.37. The highest BCUT2D eigenvalue weighted by Gasteiger charge is 2.09. The van der Waals surface area contributed by atoms with Crippen molar-refractivity contribution in [3.8, 4) is 0 Å². The van der Waals surface area contributed by atoms with E-state index in [0.29, 0.717) is 16.6 Å². The maximum Gasteiger partial charge on any atom is 0.330 e. The summed E-state index contributed by atoms with van der Waals surface area (Å²) in [6.07, 6.45) is 1.59. The first-order chi connectivity index (χ1) is 8.04. The summed E-state index contributed by atoms with van der Waals surface area (Å²) in [4.78, 5) is 27.5. The van der Waals surface area contributed by atoms with Crippen LogP contribution in [-0.4, -0.2) is 14.1 Å². The number of aromatic nitrogens is 3. The first kappa shape index (κ1) is 13.2. The lowest BCUT2D eigenvalue weighted by atomic mass is 10.2. The zero-order valence-electron chi connectivity index (χ0n) is 10.8. The van der Waals surface area contributed by atoms with Gasteiger partial charge in [-0.15, -0.1) is 0 Å². The van der Waals surface area contributed by atoms with Crippen LogP contribution in [0.3, 0.4) is 0 Å². The molecule has 0 spiro atoms. The largest absolute Gasteiger partial charge is 0.330 e. The van der Waals surface area contributed by atoms with E-state index in [2.05, 4.69) is 4.98 Å². The predicted octanol–water partition coefficient (Wildman–Crippen LogP) is 0.967. The monoisotopic (exact) mass is 235 g/mol. The Morgan fingerprint density at radius 1 is 1.12 bits per heavy atom. The van der Waals surface area contributed by atoms with E-state index in [1.165, 1.54) is 11.6 Å². The van der Waals surface area contributed by atoms with Crippen LogP contribution >= 0.6 is 0 Å². The normalized spacial score (nSPS) is 9.94. The fourth-order valence-electron chi connectivity index (χ4n) is 1.68. The van der Waals surface area contributed by atoms with Gasteiger partial charge < -0.3 is 0 Å². The van der Waals surface area contributed by atoms with Gasteiger partial charge in [0.15, 0.2) is 0 Å². The standard InChI is InChI=1S/C10H11N3O2.C2H6/c1-6-8-7(4-5-11-6)12(2)10(15)13(3)9(8)14;1-2/h4-5H,1-3H3;1-2H3. The second-order valence-electron chi connectivity index (χ2n) is 3.50. The average Bonchev–Trinajstić information content (AvgIpc) is 2.36. The fraction of sp³-hybridized carbons (Fsp3) is 0.417. The Morgan fingerprint density at radius 2 is 1.71 bits per heavy atom. The smallest absolute Gasteiger partial charge is 0.296 e. The zero-order chi connectivity index (χ0) is 13.2. The van der Waals surface area contributed by atoms with Crippen LogP contribution in [0.2, 0.25) is 0 Å². The summed E-state index contributed by atoms with van der Waals surface area (Å²) < 4.78 is 2.54. The highest BCUT2D eigenvalue weighted by Crippen LogP contribution is 2.08. The van der Waals surface area contributed by atoms with Gasteiger partial charge in [0, 0.05) is 20.3 Å². The minimum absolute atomic E-state index is 0.293. The predicted molar refractivity (Wildman–Crippen MR) is 68.3 cm³/mol. The van der Waals surface area contributed by atoms with Gasteiger partial charge in [-0.05, 0) is 13.0 Å². The van der Waals surface area contributed by atoms with E-state index in [1.807, 2.05) is 13.8 Å². The van der Waals surface area contributed by atoms with E-state index in [4.69, 9.17) is 0 Å². The van der Waals surface area contributed by atoms with E-state index in [9.17, 15) is 9.59 Å². The Labute approximate surface area is 99.3 Å². The van der Waals surface area contributed by atoms with Gasteiger partial charge in [-0.1, -0.05) is 13.8 Å². The third-order valence-electron chi connectivity index (χ3n) is 2.57. The Kier molecular flexibility index (Phi) is 3.83. The molecule has 5 nitrogen and oxygen atoms in total. The van der Waals surface area contributed by atoms with Gasteiger partial charge >= 0.3 is 5.69 Å². The number of hydrogen-bond donors (Lipinski definition) is 0. The van der Waals surface area contributed by atoms with Crippen molar-refractivity contribution >= 4 is 10.9 Å². The molecule has 0 atom stereocenters. The van der Waals surface area contributed by atoms with Crippen molar-refractivity contribution < 1.29 is 0 Å². The van der Waals surface area contributed by atoms with E-state index in [0.717, 1.165) is 4.57 Å². The minimum atomic E-state index is -0.321. The molecule has 92 valence electrons. The molecular formula is C12H17N3O2. The Hall–Kier alpha value is -1.91. The summed E-state index contributed by atoms with van der Waals surface area (Å²) in [7, 11) is 3.11. The fourth-order valence-corrected chi connectivity index (χ4v) is 1.68. The maximum atomic E-state index is 11.8. The second-order valence-corrected chi connectivity index (χ2v) is 3.50. The number of pyridine rings is 1. The average molecular weight is 235 g/mol. The SMILES string of the molecule is CC.Cc1nccc2c1c(=O)n(C)c(=O)n2C. The number of fused-ring (bicyclic) bond motifs is 1. The third kappa shape index (κ3) is 2.00. The summed E-state index contributed by atoms with van der Waals surface area (Å²) in [5.41, 5.74) is 0.649.